The van der Waals surface area contributed by atoms with E-state index in [2.05, 4.69) is 56.9 Å². The molecule has 0 heterocycles. The second-order valence-electron chi connectivity index (χ2n) is 6.23. The van der Waals surface area contributed by atoms with Crippen LogP contribution in [0.4, 0.5) is 0 Å². The summed E-state index contributed by atoms with van der Waals surface area (Å²) in [5.41, 5.74) is 2.81. The first-order chi connectivity index (χ1) is 9.51. The normalized spacial score (nSPS) is 11.6. The zero-order chi connectivity index (χ0) is 14.8. The van der Waals surface area contributed by atoms with E-state index in [0.717, 1.165) is 32.4 Å². The summed E-state index contributed by atoms with van der Waals surface area (Å²) in [6.45, 7) is 12.8. The second-order valence-corrected chi connectivity index (χ2v) is 6.23. The molecule has 112 valence electrons. The Kier molecular flexibility index (Phi) is 7.56. The fourth-order valence-electron chi connectivity index (χ4n) is 1.90. The van der Waals surface area contributed by atoms with Gasteiger partial charge in [-0.25, -0.2) is 0 Å². The highest BCUT2D eigenvalue weighted by Crippen LogP contribution is 2.07. The van der Waals surface area contributed by atoms with E-state index < -0.39 is 0 Å². The molecule has 0 aliphatic carbocycles. The molecule has 0 spiro atoms. The van der Waals surface area contributed by atoms with Gasteiger partial charge in [0.05, 0.1) is 6.61 Å². The summed E-state index contributed by atoms with van der Waals surface area (Å²) in [4.78, 5) is 0. The van der Waals surface area contributed by atoms with E-state index in [0.29, 0.717) is 6.61 Å². The van der Waals surface area contributed by atoms with Crippen molar-refractivity contribution in [2.24, 2.45) is 0 Å². The molecule has 0 fully saturated rings. The van der Waals surface area contributed by atoms with Crippen LogP contribution in [0.25, 0.3) is 0 Å². The molecule has 1 rings (SSSR count). The number of benzene rings is 1. The van der Waals surface area contributed by atoms with Gasteiger partial charge in [-0.1, -0.05) is 30.3 Å². The Morgan fingerprint density at radius 2 is 1.80 bits per heavy atom. The number of ether oxygens (including phenoxy) is 1. The maximum Gasteiger partial charge on any atom is 0.0716 e. The van der Waals surface area contributed by atoms with Crippen molar-refractivity contribution in [3.05, 3.63) is 48.0 Å². The zero-order valence-corrected chi connectivity index (χ0v) is 13.2. The van der Waals surface area contributed by atoms with Gasteiger partial charge in [0.15, 0.2) is 0 Å². The predicted molar refractivity (Wildman–Crippen MR) is 87.0 cm³/mol. The van der Waals surface area contributed by atoms with E-state index in [1.54, 1.807) is 0 Å². The summed E-state index contributed by atoms with van der Waals surface area (Å²) < 4.78 is 5.63. The minimum absolute atomic E-state index is 0.194. The van der Waals surface area contributed by atoms with Crippen molar-refractivity contribution in [1.82, 2.24) is 5.32 Å². The van der Waals surface area contributed by atoms with Gasteiger partial charge in [-0.3, -0.25) is 0 Å². The average molecular weight is 275 g/mol. The van der Waals surface area contributed by atoms with E-state index in [9.17, 15) is 0 Å². The Labute approximate surface area is 124 Å². The molecular weight excluding hydrogens is 246 g/mol. The molecule has 1 aromatic rings. The highest BCUT2D eigenvalue weighted by atomic mass is 16.5. The van der Waals surface area contributed by atoms with Crippen molar-refractivity contribution in [3.8, 4) is 0 Å². The molecule has 0 aliphatic heterocycles. The fourth-order valence-corrected chi connectivity index (χ4v) is 1.90. The molecule has 20 heavy (non-hydrogen) atoms. The van der Waals surface area contributed by atoms with Crippen molar-refractivity contribution < 1.29 is 4.74 Å². The lowest BCUT2D eigenvalue weighted by molar-refractivity contribution is 0.119. The molecule has 0 aliphatic rings. The molecule has 2 heteroatoms. The van der Waals surface area contributed by atoms with Crippen LogP contribution in [0.1, 0.15) is 44.7 Å². The summed E-state index contributed by atoms with van der Waals surface area (Å²) in [7, 11) is 0. The van der Waals surface area contributed by atoms with E-state index in [4.69, 9.17) is 4.74 Å². The van der Waals surface area contributed by atoms with Gasteiger partial charge >= 0.3 is 0 Å². The standard InChI is InChI=1S/C18H29NO/c1-5-6-7-14-20-15-17-10-8-16(9-11-17)12-13-19-18(2,3)4/h5,8-11,19H,1,6-7,12-15H2,2-4H3. The molecule has 1 N–H and O–H groups in total. The maximum absolute atomic E-state index is 5.63. The topological polar surface area (TPSA) is 21.3 Å². The molecule has 0 bridgehead atoms. The summed E-state index contributed by atoms with van der Waals surface area (Å²) in [6.07, 6.45) is 5.08. The van der Waals surface area contributed by atoms with E-state index >= 15 is 0 Å². The van der Waals surface area contributed by atoms with Crippen LogP contribution in [-0.4, -0.2) is 18.7 Å². The molecule has 0 aromatic heterocycles. The van der Waals surface area contributed by atoms with Crippen LogP contribution in [0.3, 0.4) is 0 Å². The smallest absolute Gasteiger partial charge is 0.0716 e. The predicted octanol–water partition coefficient (Wildman–Crippen LogP) is 4.10. The lowest BCUT2D eigenvalue weighted by Gasteiger charge is -2.20. The third kappa shape index (κ3) is 8.13. The Balaban J connectivity index is 2.24. The van der Waals surface area contributed by atoms with Gasteiger partial charge in [-0.2, -0.15) is 0 Å². The van der Waals surface area contributed by atoms with Gasteiger partial charge in [-0.05, 0) is 57.7 Å². The van der Waals surface area contributed by atoms with Crippen molar-refractivity contribution in [2.45, 2.75) is 52.2 Å². The van der Waals surface area contributed by atoms with Gasteiger partial charge < -0.3 is 10.1 Å². The third-order valence-corrected chi connectivity index (χ3v) is 3.06. The largest absolute Gasteiger partial charge is 0.377 e. The van der Waals surface area contributed by atoms with Crippen molar-refractivity contribution in [3.63, 3.8) is 0 Å². The van der Waals surface area contributed by atoms with Crippen LogP contribution < -0.4 is 5.32 Å². The first kappa shape index (κ1) is 16.9. The monoisotopic (exact) mass is 275 g/mol. The quantitative estimate of drug-likeness (QED) is 0.541. The molecule has 2 nitrogen and oxygen atoms in total. The SMILES string of the molecule is C=CCCCOCc1ccc(CCNC(C)(C)C)cc1. The molecule has 0 atom stereocenters. The summed E-state index contributed by atoms with van der Waals surface area (Å²) in [5, 5.41) is 3.51. The maximum atomic E-state index is 5.63. The van der Waals surface area contributed by atoms with Crippen molar-refractivity contribution in [1.29, 1.82) is 0 Å². The average Bonchev–Trinajstić information content (AvgIpc) is 2.39. The van der Waals surface area contributed by atoms with Crippen LogP contribution in [0.2, 0.25) is 0 Å². The van der Waals surface area contributed by atoms with Crippen LogP contribution in [0.5, 0.6) is 0 Å². The number of unbranched alkanes of at least 4 members (excludes halogenated alkanes) is 1. The molecule has 0 amide bonds. The van der Waals surface area contributed by atoms with Crippen LogP contribution in [0, 0.1) is 0 Å². The number of hydrogen-bond donors (Lipinski definition) is 1. The molecule has 0 saturated carbocycles. The van der Waals surface area contributed by atoms with Gasteiger partial charge in [0.2, 0.25) is 0 Å². The Morgan fingerprint density at radius 1 is 1.15 bits per heavy atom. The van der Waals surface area contributed by atoms with E-state index in [1.165, 1.54) is 11.1 Å². The molecule has 0 unspecified atom stereocenters. The van der Waals surface area contributed by atoms with Crippen LogP contribution in [0.15, 0.2) is 36.9 Å². The van der Waals surface area contributed by atoms with Crippen molar-refractivity contribution >= 4 is 0 Å². The molecule has 1 aromatic carbocycles. The second kappa shape index (κ2) is 8.93. The minimum Gasteiger partial charge on any atom is -0.377 e. The van der Waals surface area contributed by atoms with E-state index in [1.807, 2.05) is 6.08 Å². The Bertz CT molecular complexity index is 375. The van der Waals surface area contributed by atoms with Gasteiger partial charge in [-0.15, -0.1) is 6.58 Å². The van der Waals surface area contributed by atoms with Gasteiger partial charge in [0, 0.05) is 12.1 Å². The molecule has 0 saturated heterocycles. The number of hydrogen-bond acceptors (Lipinski definition) is 2. The lowest BCUT2D eigenvalue weighted by atomic mass is 10.1. The van der Waals surface area contributed by atoms with Crippen LogP contribution in [-0.2, 0) is 17.8 Å². The fraction of sp³-hybridized carbons (Fsp3) is 0.556. The number of rotatable bonds is 9. The first-order valence-electron chi connectivity index (χ1n) is 7.53. The third-order valence-electron chi connectivity index (χ3n) is 3.06. The lowest BCUT2D eigenvalue weighted by Crippen LogP contribution is -2.37. The summed E-state index contributed by atoms with van der Waals surface area (Å²) >= 11 is 0. The van der Waals surface area contributed by atoms with Gasteiger partial charge in [0.25, 0.3) is 0 Å². The molecule has 0 radical (unpaired) electrons. The van der Waals surface area contributed by atoms with Crippen molar-refractivity contribution in [2.75, 3.05) is 13.2 Å². The minimum atomic E-state index is 0.194. The van der Waals surface area contributed by atoms with E-state index in [-0.39, 0.29) is 5.54 Å². The summed E-state index contributed by atoms with van der Waals surface area (Å²) in [6, 6.07) is 8.74. The highest BCUT2D eigenvalue weighted by Gasteiger charge is 2.07. The Hall–Kier alpha value is -1.12. The highest BCUT2D eigenvalue weighted by molar-refractivity contribution is 5.22. The zero-order valence-electron chi connectivity index (χ0n) is 13.2. The van der Waals surface area contributed by atoms with Gasteiger partial charge in [0.1, 0.15) is 0 Å². The first-order valence-corrected chi connectivity index (χ1v) is 7.53. The number of allylic oxidation sites excluding steroid dienone is 1. The van der Waals surface area contributed by atoms with Crippen LogP contribution >= 0.6 is 0 Å². The molecular formula is C18H29NO. The summed E-state index contributed by atoms with van der Waals surface area (Å²) in [5.74, 6) is 0. The number of nitrogens with one attached hydrogen (secondary N) is 1. The Morgan fingerprint density at radius 3 is 2.40 bits per heavy atom.